The third-order valence-electron chi connectivity index (χ3n) is 2.48. The van der Waals surface area contributed by atoms with Crippen LogP contribution in [0.5, 0.6) is 5.75 Å². The molecule has 0 aliphatic heterocycles. The Bertz CT molecular complexity index is 414. The lowest BCUT2D eigenvalue weighted by Crippen LogP contribution is -2.15. The number of aryl methyl sites for hydroxylation is 1. The first-order chi connectivity index (χ1) is 7.27. The number of carboxylic acid groups (broad SMARTS) is 1. The SMILES string of the molecule is COc1c(C(=O)O)cc(C)cc1C(C)(C)C. The van der Waals surface area contributed by atoms with Crippen LogP contribution in [0.2, 0.25) is 0 Å². The molecule has 1 N–H and O–H groups in total. The third kappa shape index (κ3) is 2.35. The van der Waals surface area contributed by atoms with E-state index in [1.807, 2.05) is 33.8 Å². The highest BCUT2D eigenvalue weighted by Crippen LogP contribution is 2.35. The van der Waals surface area contributed by atoms with Gasteiger partial charge in [-0.3, -0.25) is 0 Å². The summed E-state index contributed by atoms with van der Waals surface area (Å²) in [5.41, 5.74) is 1.95. The van der Waals surface area contributed by atoms with Crippen molar-refractivity contribution >= 4 is 5.97 Å². The van der Waals surface area contributed by atoms with Crippen LogP contribution in [0.25, 0.3) is 0 Å². The fourth-order valence-electron chi connectivity index (χ4n) is 1.71. The van der Waals surface area contributed by atoms with Crippen LogP contribution in [0.15, 0.2) is 12.1 Å². The van der Waals surface area contributed by atoms with Gasteiger partial charge in [-0.2, -0.15) is 0 Å². The van der Waals surface area contributed by atoms with Gasteiger partial charge in [0.1, 0.15) is 11.3 Å². The van der Waals surface area contributed by atoms with Crippen LogP contribution in [0.1, 0.15) is 42.3 Å². The topological polar surface area (TPSA) is 46.5 Å². The maximum absolute atomic E-state index is 11.1. The Kier molecular flexibility index (Phi) is 3.27. The Balaban J connectivity index is 3.55. The van der Waals surface area contributed by atoms with Gasteiger partial charge in [-0.25, -0.2) is 4.79 Å². The van der Waals surface area contributed by atoms with Gasteiger partial charge in [0.2, 0.25) is 0 Å². The van der Waals surface area contributed by atoms with Crippen LogP contribution in [-0.2, 0) is 5.41 Å². The van der Waals surface area contributed by atoms with Crippen molar-refractivity contribution in [2.75, 3.05) is 7.11 Å². The van der Waals surface area contributed by atoms with Crippen LogP contribution in [-0.4, -0.2) is 18.2 Å². The van der Waals surface area contributed by atoms with Crippen molar-refractivity contribution < 1.29 is 14.6 Å². The van der Waals surface area contributed by atoms with Crippen molar-refractivity contribution in [3.63, 3.8) is 0 Å². The highest BCUT2D eigenvalue weighted by Gasteiger charge is 2.24. The Labute approximate surface area is 96.1 Å². The first-order valence-electron chi connectivity index (χ1n) is 5.19. The number of aromatic carboxylic acids is 1. The molecule has 88 valence electrons. The molecule has 0 radical (unpaired) electrons. The monoisotopic (exact) mass is 222 g/mol. The van der Waals surface area contributed by atoms with Gasteiger partial charge in [0.15, 0.2) is 0 Å². The van der Waals surface area contributed by atoms with Gasteiger partial charge in [0, 0.05) is 5.56 Å². The first-order valence-corrected chi connectivity index (χ1v) is 5.19. The van der Waals surface area contributed by atoms with Crippen molar-refractivity contribution in [3.05, 3.63) is 28.8 Å². The molecule has 0 amide bonds. The summed E-state index contributed by atoms with van der Waals surface area (Å²) < 4.78 is 5.24. The second-order valence-electron chi connectivity index (χ2n) is 4.95. The number of hydrogen-bond donors (Lipinski definition) is 1. The second-order valence-corrected chi connectivity index (χ2v) is 4.95. The minimum Gasteiger partial charge on any atom is -0.496 e. The van der Waals surface area contributed by atoms with Crippen molar-refractivity contribution in [2.24, 2.45) is 0 Å². The number of rotatable bonds is 2. The largest absolute Gasteiger partial charge is 0.496 e. The van der Waals surface area contributed by atoms with E-state index < -0.39 is 5.97 Å². The number of benzene rings is 1. The lowest BCUT2D eigenvalue weighted by molar-refractivity contribution is 0.0693. The van der Waals surface area contributed by atoms with Crippen molar-refractivity contribution in [2.45, 2.75) is 33.1 Å². The Morgan fingerprint density at radius 3 is 2.25 bits per heavy atom. The van der Waals surface area contributed by atoms with Gasteiger partial charge in [-0.15, -0.1) is 0 Å². The molecule has 3 heteroatoms. The summed E-state index contributed by atoms with van der Waals surface area (Å²) in [6.07, 6.45) is 0. The zero-order chi connectivity index (χ0) is 12.5. The lowest BCUT2D eigenvalue weighted by atomic mass is 9.84. The van der Waals surface area contributed by atoms with Gasteiger partial charge >= 0.3 is 5.97 Å². The standard InChI is InChI=1S/C13H18O3/c1-8-6-9(12(14)15)11(16-5)10(7-8)13(2,3)4/h6-7H,1-5H3,(H,14,15). The fraction of sp³-hybridized carbons (Fsp3) is 0.462. The predicted molar refractivity (Wildman–Crippen MR) is 63.4 cm³/mol. The maximum Gasteiger partial charge on any atom is 0.339 e. The Morgan fingerprint density at radius 1 is 1.31 bits per heavy atom. The third-order valence-corrected chi connectivity index (χ3v) is 2.48. The molecular weight excluding hydrogens is 204 g/mol. The average Bonchev–Trinajstić information content (AvgIpc) is 2.14. The molecular formula is C13H18O3. The van der Waals surface area contributed by atoms with E-state index in [0.29, 0.717) is 5.75 Å². The lowest BCUT2D eigenvalue weighted by Gasteiger charge is -2.23. The maximum atomic E-state index is 11.1. The van der Waals surface area contributed by atoms with E-state index in [9.17, 15) is 4.79 Å². The summed E-state index contributed by atoms with van der Waals surface area (Å²) in [6.45, 7) is 8.00. The summed E-state index contributed by atoms with van der Waals surface area (Å²) in [4.78, 5) is 11.1. The predicted octanol–water partition coefficient (Wildman–Crippen LogP) is 3.00. The molecule has 0 saturated carbocycles. The minimum atomic E-state index is -0.953. The van der Waals surface area contributed by atoms with E-state index >= 15 is 0 Å². The molecule has 0 aromatic heterocycles. The van der Waals surface area contributed by atoms with E-state index in [1.54, 1.807) is 6.07 Å². The zero-order valence-electron chi connectivity index (χ0n) is 10.4. The summed E-state index contributed by atoms with van der Waals surface area (Å²) in [6, 6.07) is 3.61. The molecule has 1 aromatic carbocycles. The van der Waals surface area contributed by atoms with E-state index in [-0.39, 0.29) is 11.0 Å². The quantitative estimate of drug-likeness (QED) is 0.836. The smallest absolute Gasteiger partial charge is 0.339 e. The summed E-state index contributed by atoms with van der Waals surface area (Å²) in [7, 11) is 1.51. The molecule has 0 fully saturated rings. The van der Waals surface area contributed by atoms with Crippen molar-refractivity contribution in [1.82, 2.24) is 0 Å². The average molecular weight is 222 g/mol. The highest BCUT2D eigenvalue weighted by molar-refractivity contribution is 5.92. The number of carboxylic acids is 1. The molecule has 0 saturated heterocycles. The molecule has 0 unspecified atom stereocenters. The number of ether oxygens (including phenoxy) is 1. The molecule has 0 bridgehead atoms. The molecule has 0 atom stereocenters. The molecule has 0 aliphatic carbocycles. The van der Waals surface area contributed by atoms with Gasteiger partial charge in [-0.1, -0.05) is 26.8 Å². The molecule has 0 aliphatic rings. The van der Waals surface area contributed by atoms with Crippen LogP contribution in [0.4, 0.5) is 0 Å². The van der Waals surface area contributed by atoms with E-state index in [0.717, 1.165) is 11.1 Å². The molecule has 16 heavy (non-hydrogen) atoms. The van der Waals surface area contributed by atoms with Crippen LogP contribution < -0.4 is 4.74 Å². The molecule has 3 nitrogen and oxygen atoms in total. The summed E-state index contributed by atoms with van der Waals surface area (Å²) in [5.74, 6) is -0.489. The fourth-order valence-corrected chi connectivity index (χ4v) is 1.71. The van der Waals surface area contributed by atoms with Crippen LogP contribution >= 0.6 is 0 Å². The number of carbonyl (C=O) groups is 1. The minimum absolute atomic E-state index is 0.137. The van der Waals surface area contributed by atoms with E-state index in [1.165, 1.54) is 7.11 Å². The Morgan fingerprint density at radius 2 is 1.88 bits per heavy atom. The molecule has 0 heterocycles. The van der Waals surface area contributed by atoms with E-state index in [4.69, 9.17) is 9.84 Å². The summed E-state index contributed by atoms with van der Waals surface area (Å²) in [5, 5.41) is 9.13. The van der Waals surface area contributed by atoms with E-state index in [2.05, 4.69) is 0 Å². The first kappa shape index (κ1) is 12.6. The Hall–Kier alpha value is -1.51. The summed E-state index contributed by atoms with van der Waals surface area (Å²) >= 11 is 0. The highest BCUT2D eigenvalue weighted by atomic mass is 16.5. The van der Waals surface area contributed by atoms with Gasteiger partial charge < -0.3 is 9.84 Å². The second kappa shape index (κ2) is 4.16. The molecule has 1 aromatic rings. The van der Waals surface area contributed by atoms with Gasteiger partial charge in [0.25, 0.3) is 0 Å². The molecule has 1 rings (SSSR count). The van der Waals surface area contributed by atoms with Gasteiger partial charge in [0.05, 0.1) is 7.11 Å². The van der Waals surface area contributed by atoms with Crippen LogP contribution in [0, 0.1) is 6.92 Å². The van der Waals surface area contributed by atoms with Gasteiger partial charge in [-0.05, 0) is 24.0 Å². The number of methoxy groups -OCH3 is 1. The van der Waals surface area contributed by atoms with Crippen molar-refractivity contribution in [1.29, 1.82) is 0 Å². The normalized spacial score (nSPS) is 11.3. The van der Waals surface area contributed by atoms with Crippen molar-refractivity contribution in [3.8, 4) is 5.75 Å². The zero-order valence-corrected chi connectivity index (χ0v) is 10.4. The van der Waals surface area contributed by atoms with Crippen LogP contribution in [0.3, 0.4) is 0 Å². The molecule has 0 spiro atoms. The number of hydrogen-bond acceptors (Lipinski definition) is 2.